The Labute approximate surface area is 218 Å². The second kappa shape index (κ2) is 11.7. The lowest BCUT2D eigenvalue weighted by Gasteiger charge is -2.49. The van der Waals surface area contributed by atoms with Crippen LogP contribution in [0.3, 0.4) is 0 Å². The monoisotopic (exact) mass is 547 g/mol. The fourth-order valence-electron chi connectivity index (χ4n) is 3.36. The molecule has 0 saturated carbocycles. The highest BCUT2D eigenvalue weighted by Crippen LogP contribution is 2.43. The van der Waals surface area contributed by atoms with E-state index in [1.807, 2.05) is 12.1 Å². The lowest BCUT2D eigenvalue weighted by molar-refractivity contribution is -0.151. The van der Waals surface area contributed by atoms with Gasteiger partial charge in [-0.3, -0.25) is 24.3 Å². The van der Waals surface area contributed by atoms with Gasteiger partial charge in [-0.2, -0.15) is 9.85 Å². The molecule has 0 aliphatic carbocycles. The van der Waals surface area contributed by atoms with Crippen LogP contribution in [-0.4, -0.2) is 65.9 Å². The highest BCUT2D eigenvalue weighted by Gasteiger charge is 2.54. The number of thioether (sulfide) groups is 2. The van der Waals surface area contributed by atoms with E-state index in [4.69, 9.17) is 10.6 Å². The molecule has 0 bridgehead atoms. The number of hydroxylamine groups is 1. The predicted molar refractivity (Wildman–Crippen MR) is 137 cm³/mol. The third-order valence-corrected chi connectivity index (χ3v) is 7.86. The number of rotatable bonds is 11. The molecule has 0 spiro atoms. The summed E-state index contributed by atoms with van der Waals surface area (Å²) in [5.41, 5.74) is 8.82. The first kappa shape index (κ1) is 25.8. The van der Waals surface area contributed by atoms with Crippen LogP contribution < -0.4 is 16.5 Å². The number of nitrogens with zero attached hydrogens (tertiary/aromatic N) is 4. The van der Waals surface area contributed by atoms with E-state index < -0.39 is 35.2 Å². The van der Waals surface area contributed by atoms with Crippen molar-refractivity contribution in [3.05, 3.63) is 64.6 Å². The van der Waals surface area contributed by atoms with Gasteiger partial charge in [-0.1, -0.05) is 23.9 Å². The Morgan fingerprint density at radius 2 is 2.28 bits per heavy atom. The van der Waals surface area contributed by atoms with Gasteiger partial charge in [0.2, 0.25) is 5.91 Å². The molecule has 2 unspecified atom stereocenters. The van der Waals surface area contributed by atoms with Crippen LogP contribution in [0.2, 0.25) is 0 Å². The topological polar surface area (TPSA) is 173 Å². The molecule has 188 valence electrons. The summed E-state index contributed by atoms with van der Waals surface area (Å²) in [6.45, 7) is 3.65. The Kier molecular flexibility index (Phi) is 8.37. The summed E-state index contributed by atoms with van der Waals surface area (Å²) in [4.78, 5) is 53.1. The summed E-state index contributed by atoms with van der Waals surface area (Å²) in [6.07, 6.45) is 4.90. The zero-order valence-electron chi connectivity index (χ0n) is 18.6. The zero-order chi connectivity index (χ0) is 25.7. The molecule has 4 heterocycles. The van der Waals surface area contributed by atoms with Crippen molar-refractivity contribution < 1.29 is 24.3 Å². The van der Waals surface area contributed by atoms with Crippen molar-refractivity contribution in [2.45, 2.75) is 17.5 Å². The molecule has 2 aliphatic heterocycles. The number of nitrogens with one attached hydrogen (secondary N) is 2. The van der Waals surface area contributed by atoms with Gasteiger partial charge >= 0.3 is 5.97 Å². The number of aliphatic carboxylic acids is 1. The number of carbonyl (C=O) groups excluding carboxylic acids is 2. The van der Waals surface area contributed by atoms with Crippen molar-refractivity contribution in [3.8, 4) is 0 Å². The quantitative estimate of drug-likeness (QED) is 0.138. The summed E-state index contributed by atoms with van der Waals surface area (Å²) in [7, 11) is 0. The van der Waals surface area contributed by atoms with E-state index in [2.05, 4.69) is 31.7 Å². The summed E-state index contributed by atoms with van der Waals surface area (Å²) in [5, 5.41) is 13.8. The Hall–Kier alpha value is -3.24. The average Bonchev–Trinajstić information content (AvgIpc) is 3.30. The van der Waals surface area contributed by atoms with Crippen LogP contribution in [0.25, 0.3) is 6.08 Å². The number of nitrogens with two attached hydrogens (primary N) is 1. The summed E-state index contributed by atoms with van der Waals surface area (Å²) >= 11 is 3.49. The zero-order valence-corrected chi connectivity index (χ0v) is 21.0. The third kappa shape index (κ3) is 5.60. The van der Waals surface area contributed by atoms with E-state index in [9.17, 15) is 19.5 Å². The first-order valence-electron chi connectivity index (χ1n) is 10.4. The van der Waals surface area contributed by atoms with Crippen molar-refractivity contribution in [1.82, 2.24) is 30.0 Å². The summed E-state index contributed by atoms with van der Waals surface area (Å²) in [5.74, 6) is -1.92. The van der Waals surface area contributed by atoms with Crippen LogP contribution in [0, 0.1) is 0 Å². The minimum atomic E-state index is -1.22. The fraction of sp³-hybridized carbons (Fsp3) is 0.238. The van der Waals surface area contributed by atoms with Gasteiger partial charge < -0.3 is 16.2 Å². The molecule has 2 aromatic heterocycles. The smallest absolute Gasteiger partial charge is 0.353 e. The number of carbonyl (C=O) groups is 3. The van der Waals surface area contributed by atoms with Crippen molar-refractivity contribution in [1.29, 1.82) is 0 Å². The van der Waals surface area contributed by atoms with Crippen LogP contribution in [0.4, 0.5) is 5.13 Å². The van der Waals surface area contributed by atoms with Gasteiger partial charge in [0.05, 0.1) is 12.3 Å². The molecule has 2 amide bonds. The minimum Gasteiger partial charge on any atom is -0.477 e. The molecule has 5 N–H and O–H groups in total. The van der Waals surface area contributed by atoms with Gasteiger partial charge in [0.15, 0.2) is 17.0 Å². The van der Waals surface area contributed by atoms with E-state index in [0.717, 1.165) is 17.2 Å². The third-order valence-electron chi connectivity index (χ3n) is 4.95. The van der Waals surface area contributed by atoms with Gasteiger partial charge in [0.1, 0.15) is 17.1 Å². The van der Waals surface area contributed by atoms with E-state index in [1.54, 1.807) is 23.7 Å². The van der Waals surface area contributed by atoms with E-state index in [1.165, 1.54) is 34.5 Å². The Balaban J connectivity index is 1.46. The molecule has 0 radical (unpaired) electrons. The molecule has 0 aromatic carbocycles. The molecular formula is C21H21N7O5S3. The molecule has 3 atom stereocenters. The molecule has 2 aromatic rings. The van der Waals surface area contributed by atoms with Crippen LogP contribution >= 0.6 is 35.1 Å². The fourth-order valence-corrected chi connectivity index (χ4v) is 6.16. The SMILES string of the molecule is C=CCONC(C(=O)NC1C(=O)N2C(C(=O)O)=C(S/C=C\c3ccccn3)CS[C@@H]12)c1nsc(N)n1. The standard InChI is InChI=1S/C21H21N7O5S3/c1-2-8-33-26-13(16-25-21(22)36-27-16)17(29)24-14-18(30)28-15(20(31)32)12(10-35-19(14)28)34-9-6-11-5-3-4-7-23-11/h2-7,9,13-14,19,26H,1,8,10H2,(H,24,29)(H,31,32)(H2,22,25,27)/b9-6-/t13?,14?,19-/m0/s1. The molecule has 2 aliphatic rings. The number of nitrogen functional groups attached to an aromatic ring is 1. The number of amides is 2. The van der Waals surface area contributed by atoms with Crippen molar-refractivity contribution in [2.24, 2.45) is 0 Å². The van der Waals surface area contributed by atoms with Crippen LogP contribution in [0.5, 0.6) is 0 Å². The number of carboxylic acid groups (broad SMARTS) is 1. The predicted octanol–water partition coefficient (Wildman–Crippen LogP) is 1.36. The van der Waals surface area contributed by atoms with Crippen LogP contribution in [-0.2, 0) is 19.2 Å². The van der Waals surface area contributed by atoms with Crippen molar-refractivity contribution >= 4 is 64.0 Å². The second-order valence-electron chi connectivity index (χ2n) is 7.29. The van der Waals surface area contributed by atoms with E-state index >= 15 is 0 Å². The van der Waals surface area contributed by atoms with Crippen molar-refractivity contribution in [3.63, 3.8) is 0 Å². The van der Waals surface area contributed by atoms with Crippen molar-refractivity contribution in [2.75, 3.05) is 18.1 Å². The molecule has 12 nitrogen and oxygen atoms in total. The second-order valence-corrected chi connectivity index (χ2v) is 10.2. The first-order chi connectivity index (χ1) is 17.4. The Morgan fingerprint density at radius 1 is 1.44 bits per heavy atom. The van der Waals surface area contributed by atoms with Crippen LogP contribution in [0.1, 0.15) is 17.6 Å². The number of β-lactam (4-membered cyclic amide) rings is 1. The first-order valence-corrected chi connectivity index (χ1v) is 13.1. The normalized spacial score (nSPS) is 20.1. The maximum absolute atomic E-state index is 13.0. The molecule has 15 heteroatoms. The average molecular weight is 548 g/mol. The molecule has 4 rings (SSSR count). The molecule has 36 heavy (non-hydrogen) atoms. The Bertz CT molecular complexity index is 1220. The maximum Gasteiger partial charge on any atom is 0.353 e. The summed E-state index contributed by atoms with van der Waals surface area (Å²) in [6, 6.07) is 3.41. The van der Waals surface area contributed by atoms with Crippen LogP contribution in [0.15, 0.2) is 53.1 Å². The lowest BCUT2D eigenvalue weighted by Crippen LogP contribution is -2.71. The van der Waals surface area contributed by atoms with Gasteiger partial charge in [0, 0.05) is 28.4 Å². The number of hydrogen-bond donors (Lipinski definition) is 4. The highest BCUT2D eigenvalue weighted by molar-refractivity contribution is 8.08. The van der Waals surface area contributed by atoms with E-state index in [0.29, 0.717) is 10.7 Å². The number of pyridine rings is 1. The number of anilines is 1. The van der Waals surface area contributed by atoms with Gasteiger partial charge in [0.25, 0.3) is 5.91 Å². The number of fused-ring (bicyclic) bond motifs is 1. The number of aromatic nitrogens is 3. The lowest BCUT2D eigenvalue weighted by atomic mass is 10.0. The molecule has 1 fully saturated rings. The van der Waals surface area contributed by atoms with Gasteiger partial charge in [-0.15, -0.1) is 18.3 Å². The molecular weight excluding hydrogens is 526 g/mol. The summed E-state index contributed by atoms with van der Waals surface area (Å²) < 4.78 is 4.04. The minimum absolute atomic E-state index is 0.0866. The number of carboxylic acids is 1. The number of hydrogen-bond acceptors (Lipinski definition) is 12. The Morgan fingerprint density at radius 3 is 2.94 bits per heavy atom. The van der Waals surface area contributed by atoms with Gasteiger partial charge in [-0.25, -0.2) is 9.78 Å². The largest absolute Gasteiger partial charge is 0.477 e. The van der Waals surface area contributed by atoms with Gasteiger partial charge in [-0.05, 0) is 23.6 Å². The molecule has 1 saturated heterocycles. The highest BCUT2D eigenvalue weighted by atomic mass is 32.2. The van der Waals surface area contributed by atoms with E-state index in [-0.39, 0.29) is 23.3 Å². The maximum atomic E-state index is 13.0.